The fourth-order valence-electron chi connectivity index (χ4n) is 2.81. The number of hydrogen-bond donors (Lipinski definition) is 0. The number of rotatable bonds is 4. The van der Waals surface area contributed by atoms with Crippen molar-refractivity contribution in [3.05, 3.63) is 71.1 Å². The van der Waals surface area contributed by atoms with Crippen LogP contribution in [-0.2, 0) is 9.59 Å². The fraction of sp³-hybridized carbons (Fsp3) is 0.200. The Morgan fingerprint density at radius 3 is 1.32 bits per heavy atom. The van der Waals surface area contributed by atoms with E-state index in [1.54, 1.807) is 60.7 Å². The van der Waals surface area contributed by atoms with Crippen molar-refractivity contribution < 1.29 is 19.1 Å². The van der Waals surface area contributed by atoms with Crippen molar-refractivity contribution in [2.75, 3.05) is 26.2 Å². The van der Waals surface area contributed by atoms with E-state index in [4.69, 9.17) is 0 Å². The lowest BCUT2D eigenvalue weighted by molar-refractivity contribution is -0.355. The Balaban J connectivity index is 1.57. The predicted octanol–water partition coefficient (Wildman–Crippen LogP) is 1.48. The van der Waals surface area contributed by atoms with Gasteiger partial charge in [-0.05, 0) is 0 Å². The zero-order valence-corrected chi connectivity index (χ0v) is 15.2. The van der Waals surface area contributed by atoms with E-state index < -0.39 is 11.8 Å². The Kier molecular flexibility index (Phi) is 6.01. The SMILES string of the molecule is O=C(/C=[N+](\[O-])c1ccccc1)N1CCN(C(=O)/C=[N+](\[O-])c2ccccc2)CC1. The Morgan fingerprint density at radius 2 is 1.00 bits per heavy atom. The van der Waals surface area contributed by atoms with E-state index in [0.29, 0.717) is 47.0 Å². The molecule has 8 nitrogen and oxygen atoms in total. The third-order valence-electron chi connectivity index (χ3n) is 4.38. The van der Waals surface area contributed by atoms with Gasteiger partial charge in [-0.25, -0.2) is 0 Å². The third-order valence-corrected chi connectivity index (χ3v) is 4.38. The second-order valence-corrected chi connectivity index (χ2v) is 6.23. The van der Waals surface area contributed by atoms with E-state index in [1.807, 2.05) is 0 Å². The second kappa shape index (κ2) is 8.81. The minimum atomic E-state index is -0.412. The number of para-hydroxylation sites is 2. The summed E-state index contributed by atoms with van der Waals surface area (Å²) >= 11 is 0. The van der Waals surface area contributed by atoms with Crippen molar-refractivity contribution >= 4 is 35.6 Å². The molecule has 0 saturated carbocycles. The number of amides is 2. The topological polar surface area (TPSA) is 92.8 Å². The summed E-state index contributed by atoms with van der Waals surface area (Å²) in [5, 5.41) is 24.1. The molecule has 2 aromatic carbocycles. The minimum Gasteiger partial charge on any atom is -0.618 e. The lowest BCUT2D eigenvalue weighted by Gasteiger charge is -2.32. The first-order valence-electron chi connectivity index (χ1n) is 8.85. The van der Waals surface area contributed by atoms with Gasteiger partial charge in [0.15, 0.2) is 0 Å². The summed E-state index contributed by atoms with van der Waals surface area (Å²) in [4.78, 5) is 27.6. The minimum absolute atomic E-state index is 0.293. The standard InChI is InChI=1S/C20H20N4O4/c25-19(15-23(27)17-7-3-1-4-8-17)21-11-13-22(14-12-21)20(26)16-24(28)18-9-5-2-6-10-18/h1-10,15-16H,11-14H2/b23-15-,24-16-. The van der Waals surface area contributed by atoms with Crippen LogP contribution in [0, 0.1) is 10.4 Å². The van der Waals surface area contributed by atoms with Gasteiger partial charge in [-0.2, -0.15) is 9.48 Å². The van der Waals surface area contributed by atoms with Crippen LogP contribution in [-0.4, -0.2) is 69.7 Å². The molecule has 0 spiro atoms. The highest BCUT2D eigenvalue weighted by atomic mass is 16.5. The molecular weight excluding hydrogens is 360 g/mol. The van der Waals surface area contributed by atoms with Gasteiger partial charge in [0.2, 0.25) is 23.8 Å². The molecule has 28 heavy (non-hydrogen) atoms. The maximum Gasteiger partial charge on any atom is 0.312 e. The highest BCUT2D eigenvalue weighted by molar-refractivity contribution is 6.25. The summed E-state index contributed by atoms with van der Waals surface area (Å²) in [6.45, 7) is 1.17. The van der Waals surface area contributed by atoms with E-state index in [0.717, 1.165) is 12.4 Å². The number of carbonyl (C=O) groups excluding carboxylic acids is 2. The van der Waals surface area contributed by atoms with Gasteiger partial charge in [-0.3, -0.25) is 9.59 Å². The molecule has 1 heterocycles. The van der Waals surface area contributed by atoms with Gasteiger partial charge in [0.25, 0.3) is 0 Å². The quantitative estimate of drug-likeness (QED) is 0.348. The third kappa shape index (κ3) is 4.73. The summed E-state index contributed by atoms with van der Waals surface area (Å²) in [5.74, 6) is -0.825. The maximum atomic E-state index is 12.3. The van der Waals surface area contributed by atoms with Crippen LogP contribution in [0.15, 0.2) is 60.7 Å². The van der Waals surface area contributed by atoms with Gasteiger partial charge in [0, 0.05) is 50.4 Å². The largest absolute Gasteiger partial charge is 0.618 e. The fourth-order valence-corrected chi connectivity index (χ4v) is 2.81. The van der Waals surface area contributed by atoms with Crippen LogP contribution in [0.5, 0.6) is 0 Å². The summed E-state index contributed by atoms with van der Waals surface area (Å²) in [6, 6.07) is 16.9. The lowest BCUT2D eigenvalue weighted by Crippen LogP contribution is -2.51. The number of carbonyl (C=O) groups is 2. The predicted molar refractivity (Wildman–Crippen MR) is 105 cm³/mol. The van der Waals surface area contributed by atoms with E-state index in [-0.39, 0.29) is 0 Å². The van der Waals surface area contributed by atoms with Crippen molar-refractivity contribution in [1.29, 1.82) is 0 Å². The first-order valence-corrected chi connectivity index (χ1v) is 8.85. The van der Waals surface area contributed by atoms with Crippen molar-refractivity contribution in [3.8, 4) is 0 Å². The molecule has 0 N–H and O–H groups in total. The van der Waals surface area contributed by atoms with E-state index in [2.05, 4.69) is 0 Å². The summed E-state index contributed by atoms with van der Waals surface area (Å²) < 4.78 is 1.06. The molecule has 3 rings (SSSR count). The van der Waals surface area contributed by atoms with Gasteiger partial charge >= 0.3 is 11.8 Å². The van der Waals surface area contributed by atoms with Crippen LogP contribution >= 0.6 is 0 Å². The molecule has 0 atom stereocenters. The van der Waals surface area contributed by atoms with Crippen LogP contribution in [0.3, 0.4) is 0 Å². The Bertz CT molecular complexity index is 813. The highest BCUT2D eigenvalue weighted by Crippen LogP contribution is 2.10. The lowest BCUT2D eigenvalue weighted by atomic mass is 10.3. The molecule has 0 aromatic heterocycles. The van der Waals surface area contributed by atoms with Crippen molar-refractivity contribution in [1.82, 2.24) is 9.80 Å². The molecule has 0 bridgehead atoms. The number of nitrogens with zero attached hydrogens (tertiary/aromatic N) is 4. The number of benzene rings is 2. The van der Waals surface area contributed by atoms with E-state index >= 15 is 0 Å². The van der Waals surface area contributed by atoms with Crippen LogP contribution in [0.4, 0.5) is 11.4 Å². The zero-order chi connectivity index (χ0) is 19.9. The Hall–Kier alpha value is -3.68. The van der Waals surface area contributed by atoms with Crippen LogP contribution < -0.4 is 0 Å². The molecule has 144 valence electrons. The van der Waals surface area contributed by atoms with E-state index in [1.165, 1.54) is 9.80 Å². The molecule has 2 aromatic rings. The highest BCUT2D eigenvalue weighted by Gasteiger charge is 2.25. The van der Waals surface area contributed by atoms with Gasteiger partial charge in [0.05, 0.1) is 0 Å². The monoisotopic (exact) mass is 380 g/mol. The normalized spacial score (nSPS) is 15.4. The molecule has 1 aliphatic rings. The average Bonchev–Trinajstić information content (AvgIpc) is 2.75. The van der Waals surface area contributed by atoms with Crippen LogP contribution in [0.2, 0.25) is 0 Å². The molecule has 2 amide bonds. The van der Waals surface area contributed by atoms with Gasteiger partial charge in [0.1, 0.15) is 0 Å². The number of piperazine rings is 1. The average molecular weight is 380 g/mol. The molecule has 1 fully saturated rings. The number of hydrogen-bond acceptors (Lipinski definition) is 4. The first kappa shape index (κ1) is 19.1. The Morgan fingerprint density at radius 1 is 0.679 bits per heavy atom. The molecule has 8 heteroatoms. The van der Waals surface area contributed by atoms with E-state index in [9.17, 15) is 20.0 Å². The van der Waals surface area contributed by atoms with Gasteiger partial charge in [-0.15, -0.1) is 0 Å². The van der Waals surface area contributed by atoms with Gasteiger partial charge in [-0.1, -0.05) is 36.4 Å². The molecule has 0 unspecified atom stereocenters. The first-order chi connectivity index (χ1) is 13.5. The zero-order valence-electron chi connectivity index (χ0n) is 15.2. The molecule has 0 aliphatic carbocycles. The second-order valence-electron chi connectivity index (χ2n) is 6.23. The van der Waals surface area contributed by atoms with Crippen LogP contribution in [0.1, 0.15) is 0 Å². The van der Waals surface area contributed by atoms with Crippen molar-refractivity contribution in [3.63, 3.8) is 0 Å². The van der Waals surface area contributed by atoms with Gasteiger partial charge < -0.3 is 20.2 Å². The maximum absolute atomic E-state index is 12.3. The molecule has 1 aliphatic heterocycles. The van der Waals surface area contributed by atoms with Crippen molar-refractivity contribution in [2.24, 2.45) is 0 Å². The summed E-state index contributed by atoms with van der Waals surface area (Å²) in [6.07, 6.45) is 1.99. The molecular formula is C20H20N4O4. The summed E-state index contributed by atoms with van der Waals surface area (Å²) in [7, 11) is 0. The van der Waals surface area contributed by atoms with Crippen molar-refractivity contribution in [2.45, 2.75) is 0 Å². The van der Waals surface area contributed by atoms with Crippen LogP contribution in [0.25, 0.3) is 0 Å². The Labute approximate surface area is 162 Å². The smallest absolute Gasteiger partial charge is 0.312 e. The summed E-state index contributed by atoms with van der Waals surface area (Å²) in [5.41, 5.74) is 0.742. The molecule has 1 saturated heterocycles. The molecule has 0 radical (unpaired) electrons.